The Morgan fingerprint density at radius 3 is 2.50 bits per heavy atom. The van der Waals surface area contributed by atoms with Gasteiger partial charge < -0.3 is 9.84 Å². The van der Waals surface area contributed by atoms with Gasteiger partial charge in [0.25, 0.3) is 0 Å². The molecule has 1 N–H and O–H groups in total. The molecule has 0 aromatic heterocycles. The number of hydrogen-bond donors (Lipinski definition) is 1. The normalized spacial score (nSPS) is 12.9. The molecule has 2 heteroatoms. The summed E-state index contributed by atoms with van der Waals surface area (Å²) in [5, 5.41) is 8.71. The molecular formula is C6H12O2. The molecule has 0 rings (SSSR count). The highest BCUT2D eigenvalue weighted by molar-refractivity contribution is 4.83. The molecule has 0 amide bonds. The van der Waals surface area contributed by atoms with Crippen molar-refractivity contribution in [1.29, 1.82) is 0 Å². The predicted molar refractivity (Wildman–Crippen MR) is 32.4 cm³/mol. The maximum absolute atomic E-state index is 8.71. The molecule has 0 aromatic carbocycles. The van der Waals surface area contributed by atoms with Crippen molar-refractivity contribution in [3.05, 3.63) is 12.3 Å². The highest BCUT2D eigenvalue weighted by Gasteiger charge is 1.96. The second kappa shape index (κ2) is 3.50. The van der Waals surface area contributed by atoms with E-state index in [-0.39, 0.29) is 6.10 Å². The summed E-state index contributed by atoms with van der Waals surface area (Å²) < 4.78 is 4.71. The molecule has 2 nitrogen and oxygen atoms in total. The fraction of sp³-hybridized carbons (Fsp3) is 0.667. The van der Waals surface area contributed by atoms with Gasteiger partial charge in [0, 0.05) is 6.42 Å². The Morgan fingerprint density at radius 2 is 2.38 bits per heavy atom. The van der Waals surface area contributed by atoms with Crippen LogP contribution >= 0.6 is 0 Å². The van der Waals surface area contributed by atoms with Crippen LogP contribution in [0.4, 0.5) is 0 Å². The number of methoxy groups -OCH3 is 1. The number of aliphatic hydroxyl groups is 1. The third-order valence-electron chi connectivity index (χ3n) is 0.812. The topological polar surface area (TPSA) is 29.5 Å². The van der Waals surface area contributed by atoms with Gasteiger partial charge in [0.2, 0.25) is 0 Å². The summed E-state index contributed by atoms with van der Waals surface area (Å²) in [4.78, 5) is 0. The summed E-state index contributed by atoms with van der Waals surface area (Å²) in [5.74, 6) is 0.625. The zero-order valence-electron chi connectivity index (χ0n) is 5.35. The Morgan fingerprint density at radius 1 is 1.88 bits per heavy atom. The van der Waals surface area contributed by atoms with E-state index in [1.165, 1.54) is 0 Å². The summed E-state index contributed by atoms with van der Waals surface area (Å²) in [6.07, 6.45) is 0.179. The minimum absolute atomic E-state index is 0.345. The van der Waals surface area contributed by atoms with Crippen LogP contribution in [-0.4, -0.2) is 18.3 Å². The SMILES string of the molecule is C=C(CC(C)O)OC. The lowest BCUT2D eigenvalue weighted by Gasteiger charge is -2.04. The number of aliphatic hydroxyl groups excluding tert-OH is 1. The van der Waals surface area contributed by atoms with Crippen molar-refractivity contribution >= 4 is 0 Å². The van der Waals surface area contributed by atoms with Gasteiger partial charge in [0.05, 0.1) is 19.0 Å². The average molecular weight is 116 g/mol. The first-order valence-electron chi connectivity index (χ1n) is 2.56. The van der Waals surface area contributed by atoms with Crippen molar-refractivity contribution in [2.75, 3.05) is 7.11 Å². The Balaban J connectivity index is 3.25. The molecule has 8 heavy (non-hydrogen) atoms. The quantitative estimate of drug-likeness (QED) is 0.555. The highest BCUT2D eigenvalue weighted by atomic mass is 16.5. The van der Waals surface area contributed by atoms with Crippen LogP contribution in [-0.2, 0) is 4.74 Å². The maximum atomic E-state index is 8.71. The summed E-state index contributed by atoms with van der Waals surface area (Å²) >= 11 is 0. The van der Waals surface area contributed by atoms with Crippen molar-refractivity contribution in [3.63, 3.8) is 0 Å². The molecule has 0 heterocycles. The maximum Gasteiger partial charge on any atom is 0.0909 e. The molecule has 0 fully saturated rings. The van der Waals surface area contributed by atoms with Crippen LogP contribution in [0, 0.1) is 0 Å². The van der Waals surface area contributed by atoms with Gasteiger partial charge >= 0.3 is 0 Å². The molecule has 1 atom stereocenters. The van der Waals surface area contributed by atoms with Gasteiger partial charge in [-0.25, -0.2) is 0 Å². The fourth-order valence-electron chi connectivity index (χ4n) is 0.413. The smallest absolute Gasteiger partial charge is 0.0909 e. The molecule has 48 valence electrons. The molecule has 0 aliphatic carbocycles. The summed E-state index contributed by atoms with van der Waals surface area (Å²) in [7, 11) is 1.55. The number of hydrogen-bond acceptors (Lipinski definition) is 2. The van der Waals surface area contributed by atoms with Crippen molar-refractivity contribution in [2.24, 2.45) is 0 Å². The Hall–Kier alpha value is -0.500. The van der Waals surface area contributed by atoms with Crippen LogP contribution in [0.5, 0.6) is 0 Å². The van der Waals surface area contributed by atoms with Crippen molar-refractivity contribution in [3.8, 4) is 0 Å². The van der Waals surface area contributed by atoms with E-state index >= 15 is 0 Å². The lowest BCUT2D eigenvalue weighted by atomic mass is 10.3. The Bertz CT molecular complexity index is 76.6. The van der Waals surface area contributed by atoms with Gasteiger partial charge in [-0.05, 0) is 6.92 Å². The zero-order chi connectivity index (χ0) is 6.57. The Labute approximate surface area is 49.8 Å². The molecule has 0 aromatic rings. The lowest BCUT2D eigenvalue weighted by molar-refractivity contribution is 0.164. The molecule has 0 bridgehead atoms. The second-order valence-electron chi connectivity index (χ2n) is 1.80. The average Bonchev–Trinajstić information content (AvgIpc) is 1.65. The first-order chi connectivity index (χ1) is 3.66. The molecule has 0 spiro atoms. The van der Waals surface area contributed by atoms with E-state index in [2.05, 4.69) is 6.58 Å². The van der Waals surface area contributed by atoms with Gasteiger partial charge in [-0.1, -0.05) is 6.58 Å². The van der Waals surface area contributed by atoms with E-state index in [9.17, 15) is 0 Å². The number of rotatable bonds is 3. The van der Waals surface area contributed by atoms with Gasteiger partial charge in [-0.2, -0.15) is 0 Å². The van der Waals surface area contributed by atoms with Gasteiger partial charge in [0.15, 0.2) is 0 Å². The Kier molecular flexibility index (Phi) is 3.28. The van der Waals surface area contributed by atoms with Crippen molar-refractivity contribution in [1.82, 2.24) is 0 Å². The van der Waals surface area contributed by atoms with E-state index in [0.717, 1.165) is 0 Å². The van der Waals surface area contributed by atoms with Crippen LogP contribution < -0.4 is 0 Å². The van der Waals surface area contributed by atoms with E-state index in [4.69, 9.17) is 9.84 Å². The highest BCUT2D eigenvalue weighted by Crippen LogP contribution is 2.01. The van der Waals surface area contributed by atoms with Crippen LogP contribution in [0.25, 0.3) is 0 Å². The second-order valence-corrected chi connectivity index (χ2v) is 1.80. The van der Waals surface area contributed by atoms with E-state index in [1.54, 1.807) is 14.0 Å². The summed E-state index contributed by atoms with van der Waals surface area (Å²) in [5.41, 5.74) is 0. The predicted octanol–water partition coefficient (Wildman–Crippen LogP) is 0.917. The third kappa shape index (κ3) is 3.68. The molecule has 0 saturated carbocycles. The van der Waals surface area contributed by atoms with Crippen LogP contribution in [0.3, 0.4) is 0 Å². The van der Waals surface area contributed by atoms with Crippen molar-refractivity contribution in [2.45, 2.75) is 19.4 Å². The van der Waals surface area contributed by atoms with E-state index in [1.807, 2.05) is 0 Å². The van der Waals surface area contributed by atoms with Gasteiger partial charge in [0.1, 0.15) is 0 Å². The largest absolute Gasteiger partial charge is 0.502 e. The standard InChI is InChI=1S/C6H12O2/c1-5(7)4-6(2)8-3/h5,7H,2,4H2,1,3H3. The van der Waals surface area contributed by atoms with Gasteiger partial charge in [-0.15, -0.1) is 0 Å². The van der Waals surface area contributed by atoms with Gasteiger partial charge in [-0.3, -0.25) is 0 Å². The lowest BCUT2D eigenvalue weighted by Crippen LogP contribution is -2.01. The molecule has 1 unspecified atom stereocenters. The minimum Gasteiger partial charge on any atom is -0.502 e. The van der Waals surface area contributed by atoms with E-state index < -0.39 is 0 Å². The van der Waals surface area contributed by atoms with Crippen LogP contribution in [0.15, 0.2) is 12.3 Å². The first-order valence-corrected chi connectivity index (χ1v) is 2.56. The molecule has 0 aliphatic heterocycles. The zero-order valence-corrected chi connectivity index (χ0v) is 5.35. The molecular weight excluding hydrogens is 104 g/mol. The van der Waals surface area contributed by atoms with Crippen molar-refractivity contribution < 1.29 is 9.84 Å². The monoisotopic (exact) mass is 116 g/mol. The first kappa shape index (κ1) is 7.50. The summed E-state index contributed by atoms with van der Waals surface area (Å²) in [6, 6.07) is 0. The summed E-state index contributed by atoms with van der Waals surface area (Å²) in [6.45, 7) is 5.23. The fourth-order valence-corrected chi connectivity index (χ4v) is 0.413. The molecule has 0 aliphatic rings. The minimum atomic E-state index is -0.345. The van der Waals surface area contributed by atoms with E-state index in [0.29, 0.717) is 12.2 Å². The van der Waals surface area contributed by atoms with Crippen LogP contribution in [0.2, 0.25) is 0 Å². The van der Waals surface area contributed by atoms with Crippen LogP contribution in [0.1, 0.15) is 13.3 Å². The molecule has 0 saturated heterocycles. The number of ether oxygens (including phenoxy) is 1. The third-order valence-corrected chi connectivity index (χ3v) is 0.812. The molecule has 0 radical (unpaired) electrons.